The van der Waals surface area contributed by atoms with Crippen molar-refractivity contribution in [2.45, 2.75) is 6.92 Å². The lowest BCUT2D eigenvalue weighted by molar-refractivity contribution is -0.384. The van der Waals surface area contributed by atoms with Gasteiger partial charge in [0.05, 0.1) is 38.8 Å². The lowest BCUT2D eigenvalue weighted by Crippen LogP contribution is -2.13. The van der Waals surface area contributed by atoms with Crippen molar-refractivity contribution in [2.75, 3.05) is 0 Å². The summed E-state index contributed by atoms with van der Waals surface area (Å²) in [5.41, 5.74) is 2.59. The SMILES string of the molecule is Cc1[nH]n(-c2ccccc2)c(=O)c1N=Nc1ccc(-c2cc(C(=O)O)c3cc([N+](=O)[O-])ccc3n2)cc1. The van der Waals surface area contributed by atoms with Gasteiger partial charge in [0, 0.05) is 23.1 Å². The molecule has 37 heavy (non-hydrogen) atoms. The van der Waals surface area contributed by atoms with Crippen molar-refractivity contribution in [3.63, 3.8) is 0 Å². The predicted molar refractivity (Wildman–Crippen MR) is 136 cm³/mol. The number of non-ortho nitro benzene ring substituents is 1. The molecule has 0 bridgehead atoms. The minimum atomic E-state index is -1.22. The molecule has 11 heteroatoms. The van der Waals surface area contributed by atoms with E-state index in [9.17, 15) is 24.8 Å². The Bertz CT molecular complexity index is 1750. The third kappa shape index (κ3) is 4.48. The molecule has 0 saturated heterocycles. The van der Waals surface area contributed by atoms with E-state index in [0.717, 1.165) is 0 Å². The first-order valence-electron chi connectivity index (χ1n) is 11.0. The number of aryl methyl sites for hydroxylation is 1. The maximum Gasteiger partial charge on any atom is 0.336 e. The normalized spacial score (nSPS) is 11.3. The maximum absolute atomic E-state index is 12.8. The Morgan fingerprint density at radius 3 is 2.43 bits per heavy atom. The molecule has 182 valence electrons. The number of nitro groups is 1. The topological polar surface area (TPSA) is 156 Å². The van der Waals surface area contributed by atoms with Gasteiger partial charge in [-0.15, -0.1) is 5.11 Å². The molecule has 11 nitrogen and oxygen atoms in total. The van der Waals surface area contributed by atoms with Crippen molar-refractivity contribution >= 4 is 33.9 Å². The number of carboxylic acids is 1. The molecule has 0 aliphatic rings. The molecule has 5 rings (SSSR count). The first-order chi connectivity index (χ1) is 17.8. The van der Waals surface area contributed by atoms with Crippen LogP contribution in [0.4, 0.5) is 17.1 Å². The minimum Gasteiger partial charge on any atom is -0.478 e. The molecule has 0 aliphatic carbocycles. The highest BCUT2D eigenvalue weighted by Crippen LogP contribution is 2.29. The summed E-state index contributed by atoms with van der Waals surface area (Å²) >= 11 is 0. The number of aromatic nitrogens is 3. The van der Waals surface area contributed by atoms with E-state index >= 15 is 0 Å². The molecule has 0 spiro atoms. The Kier molecular flexibility index (Phi) is 5.86. The number of aromatic carboxylic acids is 1. The quantitative estimate of drug-likeness (QED) is 0.175. The number of carboxylic acid groups (broad SMARTS) is 1. The van der Waals surface area contributed by atoms with Crippen LogP contribution in [-0.4, -0.2) is 30.8 Å². The Morgan fingerprint density at radius 2 is 1.76 bits per heavy atom. The highest BCUT2D eigenvalue weighted by Gasteiger charge is 2.17. The third-order valence-corrected chi connectivity index (χ3v) is 5.72. The van der Waals surface area contributed by atoms with Crippen LogP contribution in [0, 0.1) is 17.0 Å². The third-order valence-electron chi connectivity index (χ3n) is 5.72. The first-order valence-corrected chi connectivity index (χ1v) is 11.0. The Labute approximate surface area is 208 Å². The summed E-state index contributed by atoms with van der Waals surface area (Å²) in [5.74, 6) is -1.22. The smallest absolute Gasteiger partial charge is 0.336 e. The number of azo groups is 1. The standard InChI is InChI=1S/C26H18N6O5/c1-15-24(25(33)31(30-15)18-5-3-2-4-6-18)29-28-17-9-7-16(8-10-17)23-14-21(26(34)35)20-13-19(32(36)37)11-12-22(20)27-23/h2-14,30H,1H3,(H,34,35). The van der Waals surface area contributed by atoms with Crippen LogP contribution >= 0.6 is 0 Å². The van der Waals surface area contributed by atoms with E-state index in [1.54, 1.807) is 43.3 Å². The predicted octanol–water partition coefficient (Wildman–Crippen LogP) is 5.71. The number of rotatable bonds is 6. The van der Waals surface area contributed by atoms with E-state index in [4.69, 9.17) is 0 Å². The van der Waals surface area contributed by atoms with Gasteiger partial charge in [0.1, 0.15) is 0 Å². The number of fused-ring (bicyclic) bond motifs is 1. The molecule has 0 saturated carbocycles. The molecule has 0 fully saturated rings. The zero-order valence-electron chi connectivity index (χ0n) is 19.3. The van der Waals surface area contributed by atoms with E-state index < -0.39 is 10.9 Å². The number of nitro benzene ring substituents is 1. The van der Waals surface area contributed by atoms with Gasteiger partial charge < -0.3 is 5.11 Å². The second kappa shape index (κ2) is 9.30. The number of H-pyrrole nitrogens is 1. The lowest BCUT2D eigenvalue weighted by atomic mass is 10.0. The summed E-state index contributed by atoms with van der Waals surface area (Å²) in [6.07, 6.45) is 0. The number of nitrogens with one attached hydrogen (secondary N) is 1. The zero-order valence-corrected chi connectivity index (χ0v) is 19.3. The molecule has 2 N–H and O–H groups in total. The molecule has 0 amide bonds. The number of hydrogen-bond acceptors (Lipinski definition) is 7. The van der Waals surface area contributed by atoms with E-state index in [-0.39, 0.29) is 27.9 Å². The van der Waals surface area contributed by atoms with E-state index in [2.05, 4.69) is 20.3 Å². The summed E-state index contributed by atoms with van der Waals surface area (Å²) in [4.78, 5) is 39.6. The summed E-state index contributed by atoms with van der Waals surface area (Å²) in [6, 6.07) is 21.1. The van der Waals surface area contributed by atoms with Crippen LogP contribution in [0.5, 0.6) is 0 Å². The van der Waals surface area contributed by atoms with E-state index in [1.807, 2.05) is 18.2 Å². The molecule has 2 heterocycles. The van der Waals surface area contributed by atoms with Crippen molar-refractivity contribution in [3.8, 4) is 16.9 Å². The van der Waals surface area contributed by atoms with Crippen LogP contribution in [0.2, 0.25) is 0 Å². The zero-order chi connectivity index (χ0) is 26.1. The van der Waals surface area contributed by atoms with Crippen molar-refractivity contribution in [3.05, 3.63) is 111 Å². The summed E-state index contributed by atoms with van der Waals surface area (Å²) < 4.78 is 1.40. The van der Waals surface area contributed by atoms with Crippen LogP contribution in [0.15, 0.2) is 93.9 Å². The number of benzene rings is 3. The van der Waals surface area contributed by atoms with Gasteiger partial charge in [-0.3, -0.25) is 20.0 Å². The number of carbonyl (C=O) groups is 1. The van der Waals surface area contributed by atoms with E-state index in [1.165, 1.54) is 28.9 Å². The lowest BCUT2D eigenvalue weighted by Gasteiger charge is -2.07. The van der Waals surface area contributed by atoms with Gasteiger partial charge in [-0.2, -0.15) is 5.11 Å². The molecular formula is C26H18N6O5. The fourth-order valence-corrected chi connectivity index (χ4v) is 3.87. The molecule has 0 atom stereocenters. The molecule has 0 aliphatic heterocycles. The van der Waals surface area contributed by atoms with Crippen molar-refractivity contribution in [2.24, 2.45) is 10.2 Å². The van der Waals surface area contributed by atoms with Crippen molar-refractivity contribution in [1.29, 1.82) is 0 Å². The van der Waals surface area contributed by atoms with Gasteiger partial charge in [0.2, 0.25) is 0 Å². The second-order valence-electron chi connectivity index (χ2n) is 8.13. The van der Waals surface area contributed by atoms with Crippen LogP contribution in [0.25, 0.3) is 27.8 Å². The van der Waals surface area contributed by atoms with Crippen LogP contribution < -0.4 is 5.56 Å². The van der Waals surface area contributed by atoms with Gasteiger partial charge in [0.15, 0.2) is 5.69 Å². The van der Waals surface area contributed by atoms with Crippen LogP contribution in [0.1, 0.15) is 16.1 Å². The summed E-state index contributed by atoms with van der Waals surface area (Å²) in [6.45, 7) is 1.73. The minimum absolute atomic E-state index is 0.0925. The van der Waals surface area contributed by atoms with Crippen molar-refractivity contribution < 1.29 is 14.8 Å². The highest BCUT2D eigenvalue weighted by atomic mass is 16.6. The van der Waals surface area contributed by atoms with Crippen LogP contribution in [0.3, 0.4) is 0 Å². The number of para-hydroxylation sites is 1. The molecule has 3 aromatic carbocycles. The second-order valence-corrected chi connectivity index (χ2v) is 8.13. The average molecular weight is 494 g/mol. The van der Waals surface area contributed by atoms with E-state index in [0.29, 0.717) is 33.8 Å². The Balaban J connectivity index is 1.45. The van der Waals surface area contributed by atoms with Gasteiger partial charge in [-0.05, 0) is 43.3 Å². The molecular weight excluding hydrogens is 476 g/mol. The monoisotopic (exact) mass is 494 g/mol. The number of pyridine rings is 1. The van der Waals surface area contributed by atoms with Gasteiger partial charge >= 0.3 is 5.97 Å². The number of hydrogen-bond donors (Lipinski definition) is 2. The van der Waals surface area contributed by atoms with Gasteiger partial charge in [-0.25, -0.2) is 14.5 Å². The highest BCUT2D eigenvalue weighted by molar-refractivity contribution is 6.04. The Morgan fingerprint density at radius 1 is 1.03 bits per heavy atom. The van der Waals surface area contributed by atoms with Crippen molar-refractivity contribution in [1.82, 2.24) is 14.8 Å². The largest absolute Gasteiger partial charge is 0.478 e. The maximum atomic E-state index is 12.8. The van der Waals surface area contributed by atoms with Gasteiger partial charge in [0.25, 0.3) is 11.2 Å². The Hall–Kier alpha value is -5.45. The fraction of sp³-hybridized carbons (Fsp3) is 0.0385. The fourth-order valence-electron chi connectivity index (χ4n) is 3.87. The summed E-state index contributed by atoms with van der Waals surface area (Å²) in [7, 11) is 0. The average Bonchev–Trinajstić information content (AvgIpc) is 3.19. The number of nitrogens with zero attached hydrogens (tertiary/aromatic N) is 5. The number of aromatic amines is 1. The molecule has 0 radical (unpaired) electrons. The van der Waals surface area contributed by atoms with Gasteiger partial charge in [-0.1, -0.05) is 30.3 Å². The molecule has 5 aromatic rings. The first kappa shape index (κ1) is 23.3. The molecule has 0 unspecified atom stereocenters. The summed E-state index contributed by atoms with van der Waals surface area (Å²) in [5, 5.41) is 32.2. The van der Waals surface area contributed by atoms with Crippen LogP contribution in [-0.2, 0) is 0 Å². The molecule has 2 aromatic heterocycles.